The lowest BCUT2D eigenvalue weighted by molar-refractivity contribution is 0.102. The molecule has 0 aliphatic carbocycles. The SMILES string of the molecule is COc1ccc(C(=O)CSc2nnc(C(C)C)n2Cc2ccco2)cc1Cl. The molecule has 0 aliphatic rings. The Labute approximate surface area is 166 Å². The van der Waals surface area contributed by atoms with Crippen molar-refractivity contribution in [2.24, 2.45) is 0 Å². The molecule has 0 amide bonds. The molecule has 27 heavy (non-hydrogen) atoms. The number of furan rings is 1. The molecule has 3 rings (SSSR count). The number of benzene rings is 1. The van der Waals surface area contributed by atoms with Crippen molar-refractivity contribution in [3.05, 3.63) is 58.8 Å². The molecule has 1 aromatic carbocycles. The minimum Gasteiger partial charge on any atom is -0.495 e. The molecule has 0 radical (unpaired) electrons. The normalized spacial score (nSPS) is 11.1. The summed E-state index contributed by atoms with van der Waals surface area (Å²) in [5.41, 5.74) is 0.537. The van der Waals surface area contributed by atoms with E-state index in [0.29, 0.717) is 28.0 Å². The molecular weight excluding hydrogens is 386 g/mol. The summed E-state index contributed by atoms with van der Waals surface area (Å²) in [6, 6.07) is 8.77. The molecular formula is C19H20ClN3O3S. The second-order valence-corrected chi connectivity index (χ2v) is 7.57. The van der Waals surface area contributed by atoms with Crippen molar-refractivity contribution in [2.75, 3.05) is 12.9 Å². The van der Waals surface area contributed by atoms with E-state index in [0.717, 1.165) is 11.6 Å². The highest BCUT2D eigenvalue weighted by atomic mass is 35.5. The number of ketones is 1. The van der Waals surface area contributed by atoms with E-state index in [-0.39, 0.29) is 17.5 Å². The van der Waals surface area contributed by atoms with Gasteiger partial charge in [-0.3, -0.25) is 9.36 Å². The molecule has 0 aliphatic heterocycles. The first-order valence-electron chi connectivity index (χ1n) is 8.44. The average molecular weight is 406 g/mol. The summed E-state index contributed by atoms with van der Waals surface area (Å²) in [6.45, 7) is 4.64. The predicted octanol–water partition coefficient (Wildman–Crippen LogP) is 4.68. The van der Waals surface area contributed by atoms with Gasteiger partial charge in [0, 0.05) is 11.5 Å². The van der Waals surface area contributed by atoms with Crippen molar-refractivity contribution >= 4 is 29.1 Å². The number of carbonyl (C=O) groups is 1. The number of nitrogens with zero attached hydrogens (tertiary/aromatic N) is 3. The summed E-state index contributed by atoms with van der Waals surface area (Å²) in [6.07, 6.45) is 1.64. The monoisotopic (exact) mass is 405 g/mol. The van der Waals surface area contributed by atoms with Gasteiger partial charge in [-0.05, 0) is 30.3 Å². The number of Topliss-reactive ketones (excluding diaryl/α,β-unsaturated/α-hetero) is 1. The van der Waals surface area contributed by atoms with Gasteiger partial charge in [-0.25, -0.2) is 0 Å². The van der Waals surface area contributed by atoms with Gasteiger partial charge in [0.2, 0.25) is 0 Å². The van der Waals surface area contributed by atoms with Crippen LogP contribution in [0.3, 0.4) is 0 Å². The van der Waals surface area contributed by atoms with Crippen molar-refractivity contribution in [3.8, 4) is 5.75 Å². The highest BCUT2D eigenvalue weighted by Gasteiger charge is 2.18. The van der Waals surface area contributed by atoms with Crippen LogP contribution in [0.1, 0.15) is 41.7 Å². The van der Waals surface area contributed by atoms with Crippen LogP contribution in [0, 0.1) is 0 Å². The Morgan fingerprint density at radius 1 is 1.33 bits per heavy atom. The topological polar surface area (TPSA) is 70.2 Å². The van der Waals surface area contributed by atoms with E-state index in [9.17, 15) is 4.79 Å². The number of carbonyl (C=O) groups excluding carboxylic acids is 1. The lowest BCUT2D eigenvalue weighted by Gasteiger charge is -2.10. The van der Waals surface area contributed by atoms with Crippen LogP contribution in [-0.2, 0) is 6.54 Å². The van der Waals surface area contributed by atoms with Crippen molar-refractivity contribution in [3.63, 3.8) is 0 Å². The minimum absolute atomic E-state index is 0.0387. The number of ether oxygens (including phenoxy) is 1. The van der Waals surface area contributed by atoms with Crippen molar-refractivity contribution in [1.82, 2.24) is 14.8 Å². The first-order chi connectivity index (χ1) is 13.0. The molecule has 0 saturated heterocycles. The van der Waals surface area contributed by atoms with E-state index < -0.39 is 0 Å². The minimum atomic E-state index is -0.0387. The number of halogens is 1. The lowest BCUT2D eigenvalue weighted by Crippen LogP contribution is -2.09. The first kappa shape index (κ1) is 19.5. The van der Waals surface area contributed by atoms with Crippen LogP contribution in [0.25, 0.3) is 0 Å². The molecule has 6 nitrogen and oxygen atoms in total. The number of aromatic nitrogens is 3. The molecule has 0 unspecified atom stereocenters. The van der Waals surface area contributed by atoms with Crippen LogP contribution >= 0.6 is 23.4 Å². The molecule has 3 aromatic rings. The molecule has 0 N–H and O–H groups in total. The molecule has 0 bridgehead atoms. The summed E-state index contributed by atoms with van der Waals surface area (Å²) in [5, 5.41) is 9.65. The van der Waals surface area contributed by atoms with Crippen LogP contribution in [-0.4, -0.2) is 33.4 Å². The molecule has 0 fully saturated rings. The number of thioether (sulfide) groups is 1. The standard InChI is InChI=1S/C19H20ClN3O3S/c1-12(2)18-21-22-19(23(18)10-14-5-4-8-26-14)27-11-16(24)13-6-7-17(25-3)15(20)9-13/h4-9,12H,10-11H2,1-3H3. The Kier molecular flexibility index (Phi) is 6.23. The average Bonchev–Trinajstić information content (AvgIpc) is 3.30. The molecule has 2 aromatic heterocycles. The van der Waals surface area contributed by atoms with Crippen LogP contribution in [0.5, 0.6) is 5.75 Å². The van der Waals surface area contributed by atoms with Gasteiger partial charge in [-0.15, -0.1) is 10.2 Å². The molecule has 142 valence electrons. The van der Waals surface area contributed by atoms with Crippen LogP contribution in [0.15, 0.2) is 46.2 Å². The van der Waals surface area contributed by atoms with Crippen molar-refractivity contribution in [1.29, 1.82) is 0 Å². The van der Waals surface area contributed by atoms with Gasteiger partial charge in [0.15, 0.2) is 10.9 Å². The maximum atomic E-state index is 12.5. The van der Waals surface area contributed by atoms with Gasteiger partial charge in [0.1, 0.15) is 17.3 Å². The zero-order chi connectivity index (χ0) is 19.4. The van der Waals surface area contributed by atoms with Crippen LogP contribution in [0.2, 0.25) is 5.02 Å². The third-order valence-corrected chi connectivity index (χ3v) is 5.22. The Morgan fingerprint density at radius 2 is 2.15 bits per heavy atom. The maximum Gasteiger partial charge on any atom is 0.192 e. The van der Waals surface area contributed by atoms with E-state index in [4.69, 9.17) is 20.8 Å². The van der Waals surface area contributed by atoms with E-state index in [1.54, 1.807) is 24.5 Å². The number of methoxy groups -OCH3 is 1. The highest BCUT2D eigenvalue weighted by Crippen LogP contribution is 2.27. The zero-order valence-electron chi connectivity index (χ0n) is 15.3. The number of hydrogen-bond donors (Lipinski definition) is 0. The van der Waals surface area contributed by atoms with Gasteiger partial charge in [0.05, 0.1) is 30.7 Å². The summed E-state index contributed by atoms with van der Waals surface area (Å²) < 4.78 is 12.6. The fraction of sp³-hybridized carbons (Fsp3) is 0.316. The summed E-state index contributed by atoms with van der Waals surface area (Å²) in [5.74, 6) is 2.61. The fourth-order valence-electron chi connectivity index (χ4n) is 2.59. The Balaban J connectivity index is 1.75. The quantitative estimate of drug-likeness (QED) is 0.400. The summed E-state index contributed by atoms with van der Waals surface area (Å²) in [7, 11) is 1.54. The molecule has 0 spiro atoms. The second kappa shape index (κ2) is 8.63. The second-order valence-electron chi connectivity index (χ2n) is 6.22. The third kappa shape index (κ3) is 4.54. The van der Waals surface area contributed by atoms with Crippen LogP contribution < -0.4 is 4.74 Å². The summed E-state index contributed by atoms with van der Waals surface area (Å²) in [4.78, 5) is 12.5. The molecule has 2 heterocycles. The smallest absolute Gasteiger partial charge is 0.192 e. The molecule has 8 heteroatoms. The van der Waals surface area contributed by atoms with Crippen LogP contribution in [0.4, 0.5) is 0 Å². The van der Waals surface area contributed by atoms with Crippen molar-refractivity contribution in [2.45, 2.75) is 31.5 Å². The predicted molar refractivity (Wildman–Crippen MR) is 105 cm³/mol. The van der Waals surface area contributed by atoms with E-state index in [2.05, 4.69) is 24.0 Å². The van der Waals surface area contributed by atoms with E-state index >= 15 is 0 Å². The largest absolute Gasteiger partial charge is 0.495 e. The Hall–Kier alpha value is -2.25. The highest BCUT2D eigenvalue weighted by molar-refractivity contribution is 7.99. The van der Waals surface area contributed by atoms with Gasteiger partial charge in [0.25, 0.3) is 0 Å². The van der Waals surface area contributed by atoms with E-state index in [1.807, 2.05) is 16.7 Å². The van der Waals surface area contributed by atoms with Gasteiger partial charge in [-0.2, -0.15) is 0 Å². The fourth-order valence-corrected chi connectivity index (χ4v) is 3.69. The molecule has 0 atom stereocenters. The Morgan fingerprint density at radius 3 is 2.78 bits per heavy atom. The van der Waals surface area contributed by atoms with Gasteiger partial charge in [-0.1, -0.05) is 37.2 Å². The van der Waals surface area contributed by atoms with Gasteiger partial charge >= 0.3 is 0 Å². The molecule has 0 saturated carbocycles. The third-order valence-electron chi connectivity index (χ3n) is 3.96. The lowest BCUT2D eigenvalue weighted by atomic mass is 10.1. The zero-order valence-corrected chi connectivity index (χ0v) is 16.9. The van der Waals surface area contributed by atoms with E-state index in [1.165, 1.54) is 18.9 Å². The number of hydrogen-bond acceptors (Lipinski definition) is 6. The van der Waals surface area contributed by atoms with Gasteiger partial charge < -0.3 is 9.15 Å². The Bertz CT molecular complexity index is 922. The summed E-state index contributed by atoms with van der Waals surface area (Å²) >= 11 is 7.46. The maximum absolute atomic E-state index is 12.5. The first-order valence-corrected chi connectivity index (χ1v) is 9.81. The number of rotatable bonds is 8. The van der Waals surface area contributed by atoms with Crippen molar-refractivity contribution < 1.29 is 13.9 Å².